The number of anilines is 1. The third-order valence-electron chi connectivity index (χ3n) is 3.17. The Morgan fingerprint density at radius 1 is 1.35 bits per heavy atom. The van der Waals surface area contributed by atoms with Crippen molar-refractivity contribution in [3.05, 3.63) is 5.01 Å². The van der Waals surface area contributed by atoms with E-state index in [1.807, 2.05) is 34.6 Å². The van der Waals surface area contributed by atoms with E-state index in [1.165, 1.54) is 11.3 Å². The average molecular weight is 256 g/mol. The normalized spacial score (nSPS) is 12.6. The fraction of sp³-hybridized carbons (Fsp3) is 0.727. The smallest absolute Gasteiger partial charge is 0.233 e. The van der Waals surface area contributed by atoms with Crippen molar-refractivity contribution < 1.29 is 4.79 Å². The quantitative estimate of drug-likeness (QED) is 0.860. The highest BCUT2D eigenvalue weighted by molar-refractivity contribution is 7.15. The molecule has 17 heavy (non-hydrogen) atoms. The molecule has 0 aliphatic carbocycles. The van der Waals surface area contributed by atoms with Gasteiger partial charge in [-0.15, -0.1) is 10.2 Å². The second kappa shape index (κ2) is 4.70. The molecular weight excluding hydrogens is 236 g/mol. The predicted molar refractivity (Wildman–Crippen MR) is 70.0 cm³/mol. The highest BCUT2D eigenvalue weighted by atomic mass is 32.1. The van der Waals surface area contributed by atoms with Crippen LogP contribution in [0.1, 0.15) is 39.6 Å². The molecule has 3 N–H and O–H groups in total. The lowest BCUT2D eigenvalue weighted by Gasteiger charge is -2.36. The number of carbonyl (C=O) groups is 1. The maximum Gasteiger partial charge on any atom is 0.233 e. The molecule has 0 unspecified atom stereocenters. The molecule has 0 fully saturated rings. The topological polar surface area (TPSA) is 80.9 Å². The van der Waals surface area contributed by atoms with Crippen molar-refractivity contribution >= 4 is 22.4 Å². The van der Waals surface area contributed by atoms with Gasteiger partial charge in [0.2, 0.25) is 11.0 Å². The van der Waals surface area contributed by atoms with Gasteiger partial charge in [-0.2, -0.15) is 0 Å². The molecule has 1 amide bonds. The third kappa shape index (κ3) is 3.01. The fourth-order valence-corrected chi connectivity index (χ4v) is 1.67. The molecule has 0 aliphatic rings. The number of nitrogens with two attached hydrogens (primary N) is 1. The first-order valence-corrected chi connectivity index (χ1v) is 6.43. The van der Waals surface area contributed by atoms with E-state index in [0.717, 1.165) is 11.4 Å². The molecular formula is C11H20N4OS. The zero-order valence-corrected chi connectivity index (χ0v) is 11.8. The number of nitrogens with one attached hydrogen (secondary N) is 1. The predicted octanol–water partition coefficient (Wildman–Crippen LogP) is 1.80. The summed E-state index contributed by atoms with van der Waals surface area (Å²) in [5.74, 6) is -0.135. The van der Waals surface area contributed by atoms with Crippen LogP contribution in [0.15, 0.2) is 0 Å². The zero-order chi connectivity index (χ0) is 13.3. The Balaban J connectivity index is 2.79. The van der Waals surface area contributed by atoms with Crippen molar-refractivity contribution in [2.24, 2.45) is 11.1 Å². The number of aryl methyl sites for hydroxylation is 1. The number of rotatable bonds is 4. The van der Waals surface area contributed by atoms with Crippen molar-refractivity contribution in [3.8, 4) is 0 Å². The van der Waals surface area contributed by atoms with E-state index < -0.39 is 11.0 Å². The van der Waals surface area contributed by atoms with Gasteiger partial charge in [-0.25, -0.2) is 0 Å². The van der Waals surface area contributed by atoms with Crippen LogP contribution < -0.4 is 11.1 Å². The van der Waals surface area contributed by atoms with Gasteiger partial charge in [0.25, 0.3) is 0 Å². The van der Waals surface area contributed by atoms with Crippen LogP contribution in [-0.2, 0) is 11.2 Å². The molecule has 96 valence electrons. The summed E-state index contributed by atoms with van der Waals surface area (Å²) in [5.41, 5.74) is 4.73. The van der Waals surface area contributed by atoms with Gasteiger partial charge in [-0.1, -0.05) is 18.3 Å². The number of carbonyl (C=O) groups excluding carboxylic acids is 1. The highest BCUT2D eigenvalue weighted by Gasteiger charge is 2.40. The Hall–Kier alpha value is -1.01. The number of amides is 1. The molecule has 0 aliphatic heterocycles. The van der Waals surface area contributed by atoms with Gasteiger partial charge in [0, 0.05) is 5.54 Å². The molecule has 0 spiro atoms. The van der Waals surface area contributed by atoms with Crippen LogP contribution in [0.2, 0.25) is 0 Å². The van der Waals surface area contributed by atoms with Gasteiger partial charge in [0.1, 0.15) is 5.01 Å². The minimum atomic E-state index is -0.676. The average Bonchev–Trinajstić information content (AvgIpc) is 2.63. The van der Waals surface area contributed by atoms with Gasteiger partial charge in [0.15, 0.2) is 0 Å². The highest BCUT2D eigenvalue weighted by Crippen LogP contribution is 2.30. The maximum atomic E-state index is 12.1. The summed E-state index contributed by atoms with van der Waals surface area (Å²) in [6, 6.07) is 0. The van der Waals surface area contributed by atoms with Crippen LogP contribution in [0.4, 0.5) is 5.13 Å². The lowest BCUT2D eigenvalue weighted by Crippen LogP contribution is -2.53. The molecule has 0 atom stereocenters. The van der Waals surface area contributed by atoms with Crippen molar-refractivity contribution in [1.29, 1.82) is 0 Å². The van der Waals surface area contributed by atoms with Crippen molar-refractivity contribution in [2.75, 3.05) is 5.32 Å². The van der Waals surface area contributed by atoms with E-state index in [2.05, 4.69) is 15.5 Å². The first kappa shape index (κ1) is 14.1. The van der Waals surface area contributed by atoms with Crippen LogP contribution in [0, 0.1) is 5.41 Å². The first-order valence-electron chi connectivity index (χ1n) is 5.61. The molecule has 0 saturated carbocycles. The number of hydrogen-bond acceptors (Lipinski definition) is 5. The Morgan fingerprint density at radius 2 is 1.94 bits per heavy atom. The van der Waals surface area contributed by atoms with Gasteiger partial charge in [-0.05, 0) is 34.1 Å². The summed E-state index contributed by atoms with van der Waals surface area (Å²) in [5, 5.41) is 12.1. The van der Waals surface area contributed by atoms with E-state index in [9.17, 15) is 4.79 Å². The van der Waals surface area contributed by atoms with E-state index in [1.54, 1.807) is 0 Å². The Bertz CT molecular complexity index is 406. The van der Waals surface area contributed by atoms with Crippen molar-refractivity contribution in [1.82, 2.24) is 10.2 Å². The van der Waals surface area contributed by atoms with E-state index in [0.29, 0.717) is 5.13 Å². The SMILES string of the molecule is CCc1nnc(NC(=O)C(C)(C)C(C)(C)N)s1. The number of nitrogens with zero attached hydrogens (tertiary/aromatic N) is 2. The van der Waals surface area contributed by atoms with E-state index >= 15 is 0 Å². The Labute approximate surface area is 106 Å². The minimum Gasteiger partial charge on any atom is -0.325 e. The van der Waals surface area contributed by atoms with Crippen LogP contribution >= 0.6 is 11.3 Å². The molecule has 1 aromatic rings. The second-order valence-corrected chi connectivity index (χ2v) is 6.22. The molecule has 0 radical (unpaired) electrons. The summed E-state index contributed by atoms with van der Waals surface area (Å²) in [7, 11) is 0. The van der Waals surface area contributed by atoms with Gasteiger partial charge >= 0.3 is 0 Å². The summed E-state index contributed by atoms with van der Waals surface area (Å²) in [6.07, 6.45) is 0.819. The zero-order valence-electron chi connectivity index (χ0n) is 11.0. The minimum absolute atomic E-state index is 0.135. The lowest BCUT2D eigenvalue weighted by molar-refractivity contribution is -0.126. The Morgan fingerprint density at radius 3 is 2.35 bits per heavy atom. The largest absolute Gasteiger partial charge is 0.325 e. The molecule has 1 rings (SSSR count). The second-order valence-electron chi connectivity index (χ2n) is 5.16. The Kier molecular flexibility index (Phi) is 3.88. The molecule has 0 saturated heterocycles. The molecule has 6 heteroatoms. The van der Waals surface area contributed by atoms with Crippen LogP contribution in [0.3, 0.4) is 0 Å². The first-order chi connectivity index (χ1) is 7.68. The monoisotopic (exact) mass is 256 g/mol. The number of aromatic nitrogens is 2. The fourth-order valence-electron chi connectivity index (χ4n) is 0.993. The third-order valence-corrected chi connectivity index (χ3v) is 4.15. The molecule has 1 aromatic heterocycles. The van der Waals surface area contributed by atoms with Crippen molar-refractivity contribution in [3.63, 3.8) is 0 Å². The maximum absolute atomic E-state index is 12.1. The summed E-state index contributed by atoms with van der Waals surface area (Å²) < 4.78 is 0. The number of hydrogen-bond donors (Lipinski definition) is 2. The van der Waals surface area contributed by atoms with E-state index in [4.69, 9.17) is 5.73 Å². The standard InChI is InChI=1S/C11H20N4OS/c1-6-7-14-15-9(17-7)13-8(16)10(2,3)11(4,5)12/h6,12H2,1-5H3,(H,13,15,16). The van der Waals surface area contributed by atoms with Gasteiger partial charge < -0.3 is 5.73 Å². The van der Waals surface area contributed by atoms with Crippen LogP contribution in [0.5, 0.6) is 0 Å². The molecule has 1 heterocycles. The molecule has 5 nitrogen and oxygen atoms in total. The van der Waals surface area contributed by atoms with Crippen LogP contribution in [0.25, 0.3) is 0 Å². The van der Waals surface area contributed by atoms with Crippen molar-refractivity contribution in [2.45, 2.75) is 46.6 Å². The summed E-state index contributed by atoms with van der Waals surface area (Å²) in [4.78, 5) is 12.1. The summed E-state index contributed by atoms with van der Waals surface area (Å²) in [6.45, 7) is 9.32. The van der Waals surface area contributed by atoms with Gasteiger partial charge in [-0.3, -0.25) is 10.1 Å². The summed E-state index contributed by atoms with van der Waals surface area (Å²) >= 11 is 1.39. The van der Waals surface area contributed by atoms with E-state index in [-0.39, 0.29) is 5.91 Å². The molecule has 0 aromatic carbocycles. The lowest BCUT2D eigenvalue weighted by atomic mass is 9.74. The molecule has 0 bridgehead atoms. The van der Waals surface area contributed by atoms with Crippen LogP contribution in [-0.4, -0.2) is 21.6 Å². The van der Waals surface area contributed by atoms with Gasteiger partial charge in [0.05, 0.1) is 5.41 Å².